The number of fused-ring (bicyclic) bond motifs is 1. The van der Waals surface area contributed by atoms with Crippen LogP contribution < -0.4 is 0 Å². The Morgan fingerprint density at radius 1 is 1.19 bits per heavy atom. The molecule has 4 heteroatoms. The average Bonchev–Trinajstić information content (AvgIpc) is 2.96. The molecule has 1 aliphatic rings. The first-order valence-electron chi connectivity index (χ1n) is 6.86. The highest BCUT2D eigenvalue weighted by atomic mass is 32.2. The molecule has 2 aromatic carbocycles. The molecule has 2 nitrogen and oxygen atoms in total. The number of aryl methyl sites for hydroxylation is 2. The summed E-state index contributed by atoms with van der Waals surface area (Å²) < 4.78 is 26.4. The molecule has 21 heavy (non-hydrogen) atoms. The SMILES string of the molecule is N#Cc1cccc(CS(=O)c2ccc3c(c2)CCC3)c1F. The van der Waals surface area contributed by atoms with Crippen molar-refractivity contribution in [1.29, 1.82) is 5.26 Å². The van der Waals surface area contributed by atoms with Crippen LogP contribution in [0.2, 0.25) is 0 Å². The van der Waals surface area contributed by atoms with Crippen molar-refractivity contribution in [3.8, 4) is 6.07 Å². The van der Waals surface area contributed by atoms with Crippen molar-refractivity contribution in [3.63, 3.8) is 0 Å². The van der Waals surface area contributed by atoms with Crippen LogP contribution in [0.5, 0.6) is 0 Å². The van der Waals surface area contributed by atoms with Gasteiger partial charge in [-0.1, -0.05) is 18.2 Å². The highest BCUT2D eigenvalue weighted by Crippen LogP contribution is 2.25. The van der Waals surface area contributed by atoms with Crippen LogP contribution in [-0.4, -0.2) is 4.21 Å². The monoisotopic (exact) mass is 299 g/mol. The van der Waals surface area contributed by atoms with E-state index in [1.165, 1.54) is 17.2 Å². The summed E-state index contributed by atoms with van der Waals surface area (Å²) in [6, 6.07) is 12.3. The molecule has 0 heterocycles. The second-order valence-electron chi connectivity index (χ2n) is 5.16. The zero-order chi connectivity index (χ0) is 14.8. The van der Waals surface area contributed by atoms with Gasteiger partial charge in [0.15, 0.2) is 0 Å². The first kappa shape index (κ1) is 14.0. The quantitative estimate of drug-likeness (QED) is 0.870. The smallest absolute Gasteiger partial charge is 0.145 e. The topological polar surface area (TPSA) is 40.9 Å². The molecular weight excluding hydrogens is 285 g/mol. The lowest BCUT2D eigenvalue weighted by Crippen LogP contribution is -2.01. The molecule has 1 unspecified atom stereocenters. The van der Waals surface area contributed by atoms with E-state index in [2.05, 4.69) is 0 Å². The van der Waals surface area contributed by atoms with Crippen LogP contribution in [0.15, 0.2) is 41.3 Å². The van der Waals surface area contributed by atoms with Crippen molar-refractivity contribution in [2.45, 2.75) is 29.9 Å². The van der Waals surface area contributed by atoms with Crippen LogP contribution in [0.25, 0.3) is 0 Å². The maximum absolute atomic E-state index is 14.0. The number of benzene rings is 2. The number of nitrogens with zero attached hydrogens (tertiary/aromatic N) is 1. The van der Waals surface area contributed by atoms with Gasteiger partial charge in [-0.3, -0.25) is 4.21 Å². The van der Waals surface area contributed by atoms with E-state index in [-0.39, 0.29) is 11.3 Å². The van der Waals surface area contributed by atoms with E-state index in [0.717, 1.165) is 24.2 Å². The standard InChI is InChI=1S/C17H14FNOS/c18-17-14(10-19)5-2-6-15(17)11-21(20)16-8-7-12-3-1-4-13(12)9-16/h2,5-9H,1,3-4,11H2. The van der Waals surface area contributed by atoms with Gasteiger partial charge in [0.2, 0.25) is 0 Å². The lowest BCUT2D eigenvalue weighted by Gasteiger charge is -2.07. The van der Waals surface area contributed by atoms with E-state index < -0.39 is 16.6 Å². The Morgan fingerprint density at radius 2 is 2.00 bits per heavy atom. The summed E-state index contributed by atoms with van der Waals surface area (Å²) in [7, 11) is -1.30. The van der Waals surface area contributed by atoms with Gasteiger partial charge in [0.25, 0.3) is 0 Å². The molecular formula is C17H14FNOS. The van der Waals surface area contributed by atoms with Crippen LogP contribution >= 0.6 is 0 Å². The molecule has 0 aromatic heterocycles. The molecule has 0 amide bonds. The molecule has 0 fully saturated rings. The Bertz CT molecular complexity index is 764. The van der Waals surface area contributed by atoms with Crippen LogP contribution in [-0.2, 0) is 29.4 Å². The van der Waals surface area contributed by atoms with Crippen molar-refractivity contribution >= 4 is 10.8 Å². The summed E-state index contributed by atoms with van der Waals surface area (Å²) >= 11 is 0. The van der Waals surface area contributed by atoms with Crippen molar-refractivity contribution in [2.75, 3.05) is 0 Å². The van der Waals surface area contributed by atoms with Gasteiger partial charge in [0.1, 0.15) is 11.9 Å². The van der Waals surface area contributed by atoms with E-state index >= 15 is 0 Å². The summed E-state index contributed by atoms with van der Waals surface area (Å²) in [6.07, 6.45) is 3.25. The fourth-order valence-electron chi connectivity index (χ4n) is 2.69. The van der Waals surface area contributed by atoms with E-state index in [0.29, 0.717) is 5.56 Å². The van der Waals surface area contributed by atoms with Crippen molar-refractivity contribution in [2.24, 2.45) is 0 Å². The zero-order valence-electron chi connectivity index (χ0n) is 11.4. The first-order valence-corrected chi connectivity index (χ1v) is 8.18. The van der Waals surface area contributed by atoms with E-state index in [9.17, 15) is 8.60 Å². The summed E-state index contributed by atoms with van der Waals surface area (Å²) in [6.45, 7) is 0. The minimum atomic E-state index is -1.30. The van der Waals surface area contributed by atoms with Gasteiger partial charge in [-0.2, -0.15) is 5.26 Å². The van der Waals surface area contributed by atoms with Crippen LogP contribution in [0.4, 0.5) is 4.39 Å². The zero-order valence-corrected chi connectivity index (χ0v) is 12.3. The Hall–Kier alpha value is -1.99. The molecule has 1 atom stereocenters. The molecule has 3 rings (SSSR count). The van der Waals surface area contributed by atoms with E-state index in [1.54, 1.807) is 12.1 Å². The summed E-state index contributed by atoms with van der Waals surface area (Å²) in [5.74, 6) is -0.463. The Balaban J connectivity index is 1.86. The third kappa shape index (κ3) is 2.74. The summed E-state index contributed by atoms with van der Waals surface area (Å²) in [5, 5.41) is 8.83. The number of hydrogen-bond donors (Lipinski definition) is 0. The van der Waals surface area contributed by atoms with Crippen LogP contribution in [0.1, 0.15) is 28.7 Å². The molecule has 106 valence electrons. The average molecular weight is 299 g/mol. The number of hydrogen-bond acceptors (Lipinski definition) is 2. The van der Waals surface area contributed by atoms with E-state index in [4.69, 9.17) is 5.26 Å². The maximum atomic E-state index is 14.0. The maximum Gasteiger partial charge on any atom is 0.145 e. The molecule has 0 spiro atoms. The van der Waals surface area contributed by atoms with Crippen molar-refractivity contribution in [3.05, 3.63) is 64.5 Å². The third-order valence-corrected chi connectivity index (χ3v) is 5.17. The van der Waals surface area contributed by atoms with Crippen LogP contribution in [0, 0.1) is 17.1 Å². The normalized spacial score (nSPS) is 14.5. The molecule has 0 radical (unpaired) electrons. The molecule has 0 aliphatic heterocycles. The predicted molar refractivity (Wildman–Crippen MR) is 79.7 cm³/mol. The van der Waals surface area contributed by atoms with Gasteiger partial charge in [-0.25, -0.2) is 4.39 Å². The highest BCUT2D eigenvalue weighted by Gasteiger charge is 2.15. The largest absolute Gasteiger partial charge is 0.254 e. The van der Waals surface area contributed by atoms with Gasteiger partial charge in [-0.15, -0.1) is 0 Å². The minimum absolute atomic E-state index is 0.00143. The van der Waals surface area contributed by atoms with Gasteiger partial charge < -0.3 is 0 Å². The van der Waals surface area contributed by atoms with Gasteiger partial charge in [-0.05, 0) is 48.6 Å². The molecule has 0 saturated heterocycles. The fourth-order valence-corrected chi connectivity index (χ4v) is 3.86. The Morgan fingerprint density at radius 3 is 2.81 bits per heavy atom. The van der Waals surface area contributed by atoms with Gasteiger partial charge in [0, 0.05) is 10.5 Å². The second-order valence-corrected chi connectivity index (χ2v) is 6.62. The number of rotatable bonds is 3. The number of nitriles is 1. The predicted octanol–water partition coefficient (Wildman–Crippen LogP) is 3.49. The van der Waals surface area contributed by atoms with Crippen LogP contribution in [0.3, 0.4) is 0 Å². The molecule has 0 N–H and O–H groups in total. The third-order valence-electron chi connectivity index (χ3n) is 3.82. The van der Waals surface area contributed by atoms with Gasteiger partial charge in [0.05, 0.1) is 22.1 Å². The first-order chi connectivity index (χ1) is 10.2. The molecule has 0 bridgehead atoms. The highest BCUT2D eigenvalue weighted by molar-refractivity contribution is 7.84. The Labute approximate surface area is 125 Å². The second kappa shape index (κ2) is 5.79. The lowest BCUT2D eigenvalue weighted by molar-refractivity contribution is 0.611. The molecule has 2 aromatic rings. The fraction of sp³-hybridized carbons (Fsp3) is 0.235. The molecule has 1 aliphatic carbocycles. The minimum Gasteiger partial charge on any atom is -0.254 e. The summed E-state index contributed by atoms with van der Waals surface area (Å²) in [4.78, 5) is 0.734. The summed E-state index contributed by atoms with van der Waals surface area (Å²) in [5.41, 5.74) is 2.91. The van der Waals surface area contributed by atoms with Gasteiger partial charge >= 0.3 is 0 Å². The number of halogens is 1. The van der Waals surface area contributed by atoms with Crippen molar-refractivity contribution in [1.82, 2.24) is 0 Å². The molecule has 0 saturated carbocycles. The van der Waals surface area contributed by atoms with Crippen molar-refractivity contribution < 1.29 is 8.60 Å². The van der Waals surface area contributed by atoms with E-state index in [1.807, 2.05) is 24.3 Å². The Kier molecular flexibility index (Phi) is 3.85. The lowest BCUT2D eigenvalue weighted by atomic mass is 10.1.